The molecule has 0 spiro atoms. The topological polar surface area (TPSA) is 107 Å². The van der Waals surface area contributed by atoms with Crippen LogP contribution in [0.4, 0.5) is 4.39 Å². The van der Waals surface area contributed by atoms with Gasteiger partial charge in [0.15, 0.2) is 0 Å². The fourth-order valence-corrected chi connectivity index (χ4v) is 4.64. The Morgan fingerprint density at radius 1 is 0.967 bits per heavy atom. The van der Waals surface area contributed by atoms with Gasteiger partial charge in [0.05, 0.1) is 5.57 Å². The van der Waals surface area contributed by atoms with Crippen LogP contribution in [0.3, 0.4) is 0 Å². The number of rotatable bonds is 6. The molecule has 9 heteroatoms. The molecule has 30 heavy (non-hydrogen) atoms. The zero-order chi connectivity index (χ0) is 22.2. The lowest BCUT2D eigenvalue weighted by molar-refractivity contribution is -0.141. The molecule has 0 bridgehead atoms. The van der Waals surface area contributed by atoms with Crippen LogP contribution < -0.4 is 0 Å². The summed E-state index contributed by atoms with van der Waals surface area (Å²) < 4.78 is 63.8. The lowest BCUT2D eigenvalue weighted by Gasteiger charge is -2.22. The number of carbonyl (C=O) groups excluding carboxylic acids is 1. The molecule has 0 fully saturated rings. The van der Waals surface area contributed by atoms with Crippen molar-refractivity contribution in [3.05, 3.63) is 70.0 Å². The number of esters is 1. The monoisotopic (exact) mass is 450 g/mol. The van der Waals surface area contributed by atoms with Gasteiger partial charge in [0.2, 0.25) is 0 Å². The predicted octanol–water partition coefficient (Wildman–Crippen LogP) is 3.14. The summed E-state index contributed by atoms with van der Waals surface area (Å²) in [5, 5.41) is 0. The van der Waals surface area contributed by atoms with Gasteiger partial charge in [-0.25, -0.2) is 9.18 Å². The Hall–Kier alpha value is -2.20. The molecule has 160 valence electrons. The highest BCUT2D eigenvalue weighted by molar-refractivity contribution is 7.78. The van der Waals surface area contributed by atoms with Crippen LogP contribution in [0.15, 0.2) is 36.4 Å². The van der Waals surface area contributed by atoms with Gasteiger partial charge in [-0.1, -0.05) is 52.5 Å². The number of ether oxygens (including phenoxy) is 1. The predicted molar refractivity (Wildman–Crippen MR) is 110 cm³/mol. The van der Waals surface area contributed by atoms with E-state index in [9.17, 15) is 26.7 Å². The number of hydrogen-bond acceptors (Lipinski definition) is 6. The normalized spacial score (nSPS) is 17.7. The maximum absolute atomic E-state index is 14.5. The molecule has 1 heterocycles. The highest BCUT2D eigenvalue weighted by atomic mass is 32.2. The summed E-state index contributed by atoms with van der Waals surface area (Å²) >= 11 is -4.67. The van der Waals surface area contributed by atoms with Crippen molar-refractivity contribution in [3.8, 4) is 0 Å². The number of benzene rings is 2. The highest BCUT2D eigenvalue weighted by Crippen LogP contribution is 2.44. The lowest BCUT2D eigenvalue weighted by atomic mass is 9.86. The minimum Gasteiger partial charge on any atom is -0.772 e. The van der Waals surface area contributed by atoms with Crippen molar-refractivity contribution in [1.82, 2.24) is 0 Å². The van der Waals surface area contributed by atoms with Crippen LogP contribution in [-0.2, 0) is 43.2 Å². The summed E-state index contributed by atoms with van der Waals surface area (Å²) in [6.45, 7) is 5.12. The number of aryl methyl sites for hydroxylation is 1. The summed E-state index contributed by atoms with van der Waals surface area (Å²) in [5.74, 6) is -1.84. The van der Waals surface area contributed by atoms with E-state index in [0.717, 1.165) is 0 Å². The van der Waals surface area contributed by atoms with E-state index < -0.39 is 45.3 Å². The van der Waals surface area contributed by atoms with E-state index in [1.807, 2.05) is 0 Å². The third kappa shape index (κ3) is 4.59. The minimum absolute atomic E-state index is 0.0306. The number of carbonyl (C=O) groups is 1. The van der Waals surface area contributed by atoms with Crippen LogP contribution in [0.5, 0.6) is 0 Å². The zero-order valence-electron chi connectivity index (χ0n) is 16.5. The molecule has 2 aromatic rings. The average Bonchev–Trinajstić information content (AvgIpc) is 2.86. The second kappa shape index (κ2) is 8.50. The van der Waals surface area contributed by atoms with Crippen LogP contribution >= 0.6 is 0 Å². The van der Waals surface area contributed by atoms with E-state index in [1.165, 1.54) is 12.1 Å². The first-order valence-electron chi connectivity index (χ1n) is 8.98. The lowest BCUT2D eigenvalue weighted by Crippen LogP contribution is -2.22. The van der Waals surface area contributed by atoms with Gasteiger partial charge >= 0.3 is 5.97 Å². The van der Waals surface area contributed by atoms with E-state index in [4.69, 9.17) is 4.74 Å². The van der Waals surface area contributed by atoms with Crippen LogP contribution in [0.25, 0.3) is 11.1 Å². The van der Waals surface area contributed by atoms with Crippen molar-refractivity contribution < 1.29 is 31.4 Å². The molecule has 1 aliphatic heterocycles. The Kier molecular flexibility index (Phi) is 6.37. The average molecular weight is 451 g/mol. The van der Waals surface area contributed by atoms with Crippen molar-refractivity contribution in [3.63, 3.8) is 0 Å². The summed E-state index contributed by atoms with van der Waals surface area (Å²) in [6, 6.07) is 9.11. The largest absolute Gasteiger partial charge is 0.772 e. The molecule has 2 aromatic carbocycles. The summed E-state index contributed by atoms with van der Waals surface area (Å²) in [4.78, 5) is 12.7. The maximum atomic E-state index is 14.5. The van der Waals surface area contributed by atoms with Crippen molar-refractivity contribution in [2.45, 2.75) is 37.9 Å². The van der Waals surface area contributed by atoms with Gasteiger partial charge in [0.1, 0.15) is 11.4 Å². The molecule has 0 amide bonds. The van der Waals surface area contributed by atoms with Crippen molar-refractivity contribution >= 4 is 39.3 Å². The molecule has 0 aliphatic carbocycles. The van der Waals surface area contributed by atoms with Crippen LogP contribution in [0.2, 0.25) is 0 Å². The van der Waals surface area contributed by atoms with Crippen LogP contribution in [-0.4, -0.2) is 29.1 Å². The Bertz CT molecular complexity index is 1110. The third-order valence-corrected chi connectivity index (χ3v) is 6.02. The van der Waals surface area contributed by atoms with Crippen molar-refractivity contribution in [2.24, 2.45) is 0 Å². The Balaban J connectivity index is 2.15. The summed E-state index contributed by atoms with van der Waals surface area (Å²) in [5.41, 5.74) is 1.97. The number of hydrogen-bond donors (Lipinski definition) is 0. The van der Waals surface area contributed by atoms with Gasteiger partial charge in [-0.2, -0.15) is 0 Å². The first kappa shape index (κ1) is 22.5. The van der Waals surface area contributed by atoms with Crippen molar-refractivity contribution in [1.29, 1.82) is 0 Å². The Morgan fingerprint density at radius 2 is 1.53 bits per heavy atom. The molecule has 6 nitrogen and oxygen atoms in total. The van der Waals surface area contributed by atoms with Gasteiger partial charge < -0.3 is 13.8 Å². The van der Waals surface area contributed by atoms with E-state index in [-0.39, 0.29) is 16.9 Å². The number of cyclic esters (lactones) is 1. The first-order valence-corrected chi connectivity index (χ1v) is 11.5. The zero-order valence-corrected chi connectivity index (χ0v) is 18.2. The highest BCUT2D eigenvalue weighted by Gasteiger charge is 2.41. The summed E-state index contributed by atoms with van der Waals surface area (Å²) in [7, 11) is 0. The molecule has 1 aliphatic rings. The molecule has 2 unspecified atom stereocenters. The molecule has 0 saturated carbocycles. The molecule has 3 rings (SSSR count). The SMILES string of the molecule is Cc1cc(C2=C(c3ccc(CS(=O)[O-])c(F)c3)C(C)(C)OC2=O)ccc1CS(=O)[O-]. The van der Waals surface area contributed by atoms with E-state index in [1.54, 1.807) is 45.0 Å². The van der Waals surface area contributed by atoms with Gasteiger partial charge in [-0.3, -0.25) is 8.42 Å². The summed E-state index contributed by atoms with van der Waals surface area (Å²) in [6.07, 6.45) is 0. The van der Waals surface area contributed by atoms with Crippen molar-refractivity contribution in [2.75, 3.05) is 0 Å². The van der Waals surface area contributed by atoms with E-state index >= 15 is 0 Å². The number of halogens is 1. The second-order valence-electron chi connectivity index (χ2n) is 7.49. The fraction of sp³-hybridized carbons (Fsp3) is 0.286. The maximum Gasteiger partial charge on any atom is 0.340 e. The standard InChI is InChI=1S/C21H21FO6S2/c1-12-8-13(4-6-15(12)10-29(24)25)18-19(21(2,3)28-20(18)23)14-5-7-16(11-30(26)27)17(22)9-14/h4-9H,10-11H2,1-3H3,(H,24,25)(H,26,27)/p-2. The first-order chi connectivity index (χ1) is 14.0. The van der Waals surface area contributed by atoms with E-state index in [2.05, 4.69) is 0 Å². The molecular weight excluding hydrogens is 431 g/mol. The Labute approximate surface area is 178 Å². The molecule has 0 saturated heterocycles. The van der Waals surface area contributed by atoms with Gasteiger partial charge in [-0.15, -0.1) is 0 Å². The van der Waals surface area contributed by atoms with Gasteiger partial charge in [0.25, 0.3) is 0 Å². The fourth-order valence-electron chi connectivity index (χ4n) is 3.58. The molecule has 0 N–H and O–H groups in total. The Morgan fingerprint density at radius 3 is 2.10 bits per heavy atom. The van der Waals surface area contributed by atoms with Crippen LogP contribution in [0, 0.1) is 12.7 Å². The van der Waals surface area contributed by atoms with Gasteiger partial charge in [-0.05, 0) is 54.7 Å². The van der Waals surface area contributed by atoms with Crippen LogP contribution in [0.1, 0.15) is 41.7 Å². The smallest absolute Gasteiger partial charge is 0.340 e. The second-order valence-corrected chi connectivity index (χ2v) is 9.29. The molecule has 0 aromatic heterocycles. The van der Waals surface area contributed by atoms with Gasteiger partial charge in [0, 0.05) is 17.1 Å². The molecule has 2 atom stereocenters. The quantitative estimate of drug-likeness (QED) is 0.494. The minimum atomic E-state index is -2.43. The molecular formula is C21H19FO6S2-2. The third-order valence-electron chi connectivity index (χ3n) is 4.92. The van der Waals surface area contributed by atoms with E-state index in [0.29, 0.717) is 27.8 Å². The molecule has 0 radical (unpaired) electrons.